The first kappa shape index (κ1) is 15.7. The molecule has 2 rings (SSSR count). The molecule has 2 N–H and O–H groups in total. The topological polar surface area (TPSA) is 74.8 Å². The Morgan fingerprint density at radius 3 is 3.00 bits per heavy atom. The SMILES string of the molecule is CS(=O)CCCNC(=O)c1cn[nH]c1-c1cccc(Cl)c1. The summed E-state index contributed by atoms with van der Waals surface area (Å²) in [5.41, 5.74) is 1.91. The summed E-state index contributed by atoms with van der Waals surface area (Å²) >= 11 is 5.96. The molecule has 0 bridgehead atoms. The Bertz CT molecular complexity index is 657. The number of nitrogens with one attached hydrogen (secondary N) is 2. The number of hydrogen-bond donors (Lipinski definition) is 2. The molecular formula is C14H16ClN3O2S. The Morgan fingerprint density at radius 1 is 1.48 bits per heavy atom. The summed E-state index contributed by atoms with van der Waals surface area (Å²) in [4.78, 5) is 12.1. The zero-order valence-corrected chi connectivity index (χ0v) is 13.1. The lowest BCUT2D eigenvalue weighted by Gasteiger charge is -2.05. The lowest BCUT2D eigenvalue weighted by molar-refractivity contribution is 0.0954. The van der Waals surface area contributed by atoms with Crippen LogP contribution in [-0.4, -0.2) is 38.9 Å². The smallest absolute Gasteiger partial charge is 0.255 e. The van der Waals surface area contributed by atoms with Crippen molar-refractivity contribution < 1.29 is 9.00 Å². The van der Waals surface area contributed by atoms with E-state index in [1.807, 2.05) is 12.1 Å². The average Bonchev–Trinajstić information content (AvgIpc) is 2.92. The molecule has 1 amide bonds. The van der Waals surface area contributed by atoms with Gasteiger partial charge in [0.2, 0.25) is 0 Å². The number of rotatable bonds is 6. The summed E-state index contributed by atoms with van der Waals surface area (Å²) < 4.78 is 11.0. The van der Waals surface area contributed by atoms with Gasteiger partial charge in [0.25, 0.3) is 5.91 Å². The van der Waals surface area contributed by atoms with Crippen LogP contribution in [0.1, 0.15) is 16.8 Å². The van der Waals surface area contributed by atoms with Crippen LogP contribution in [0.5, 0.6) is 0 Å². The minimum Gasteiger partial charge on any atom is -0.352 e. The van der Waals surface area contributed by atoms with Gasteiger partial charge in [-0.05, 0) is 18.6 Å². The first-order valence-electron chi connectivity index (χ1n) is 6.45. The van der Waals surface area contributed by atoms with Gasteiger partial charge in [0.1, 0.15) is 0 Å². The monoisotopic (exact) mass is 325 g/mol. The van der Waals surface area contributed by atoms with E-state index < -0.39 is 10.8 Å². The van der Waals surface area contributed by atoms with Gasteiger partial charge in [-0.3, -0.25) is 14.1 Å². The zero-order chi connectivity index (χ0) is 15.2. The predicted octanol–water partition coefficient (Wildman–Crippen LogP) is 2.23. The molecule has 1 aromatic heterocycles. The van der Waals surface area contributed by atoms with E-state index in [1.54, 1.807) is 18.4 Å². The van der Waals surface area contributed by atoms with Crippen molar-refractivity contribution in [1.29, 1.82) is 0 Å². The molecule has 1 heterocycles. The highest BCUT2D eigenvalue weighted by Crippen LogP contribution is 2.23. The summed E-state index contributed by atoms with van der Waals surface area (Å²) in [5.74, 6) is 0.368. The van der Waals surface area contributed by atoms with Crippen LogP contribution in [0, 0.1) is 0 Å². The summed E-state index contributed by atoms with van der Waals surface area (Å²) in [5, 5.41) is 10.1. The maximum atomic E-state index is 12.1. The van der Waals surface area contributed by atoms with Crippen molar-refractivity contribution in [3.8, 4) is 11.3 Å². The minimum absolute atomic E-state index is 0.208. The quantitative estimate of drug-likeness (QED) is 0.800. The molecule has 7 heteroatoms. The fraction of sp³-hybridized carbons (Fsp3) is 0.286. The lowest BCUT2D eigenvalue weighted by atomic mass is 10.1. The molecule has 1 aromatic carbocycles. The number of carbonyl (C=O) groups excluding carboxylic acids is 1. The lowest BCUT2D eigenvalue weighted by Crippen LogP contribution is -2.25. The molecule has 0 saturated heterocycles. The van der Waals surface area contributed by atoms with Gasteiger partial charge in [-0.25, -0.2) is 0 Å². The highest BCUT2D eigenvalue weighted by molar-refractivity contribution is 7.84. The van der Waals surface area contributed by atoms with E-state index in [-0.39, 0.29) is 5.91 Å². The molecule has 0 aliphatic carbocycles. The van der Waals surface area contributed by atoms with Crippen LogP contribution in [0.25, 0.3) is 11.3 Å². The molecule has 21 heavy (non-hydrogen) atoms. The van der Waals surface area contributed by atoms with Gasteiger partial charge in [0, 0.05) is 39.9 Å². The fourth-order valence-corrected chi connectivity index (χ4v) is 2.64. The largest absolute Gasteiger partial charge is 0.352 e. The van der Waals surface area contributed by atoms with Crippen LogP contribution in [0.15, 0.2) is 30.5 Å². The standard InChI is InChI=1S/C14H16ClN3O2S/c1-21(20)7-3-6-16-14(19)12-9-17-18-13(12)10-4-2-5-11(15)8-10/h2,4-5,8-9H,3,6-7H2,1H3,(H,16,19)(H,17,18). The number of amides is 1. The predicted molar refractivity (Wildman–Crippen MR) is 84.9 cm³/mol. The molecule has 0 fully saturated rings. The molecular weight excluding hydrogens is 310 g/mol. The molecule has 2 aromatic rings. The molecule has 1 atom stereocenters. The number of nitrogens with zero attached hydrogens (tertiary/aromatic N) is 1. The number of hydrogen-bond acceptors (Lipinski definition) is 3. The first-order chi connectivity index (χ1) is 10.1. The van der Waals surface area contributed by atoms with E-state index in [0.29, 0.717) is 35.0 Å². The molecule has 0 spiro atoms. The second kappa shape index (κ2) is 7.38. The summed E-state index contributed by atoms with van der Waals surface area (Å²) in [6.07, 6.45) is 3.82. The third-order valence-electron chi connectivity index (χ3n) is 2.89. The van der Waals surface area contributed by atoms with Crippen molar-refractivity contribution >= 4 is 28.3 Å². The second-order valence-corrected chi connectivity index (χ2v) is 6.55. The third kappa shape index (κ3) is 4.41. The molecule has 0 radical (unpaired) electrons. The Kier molecular flexibility index (Phi) is 5.52. The van der Waals surface area contributed by atoms with Crippen molar-refractivity contribution in [3.05, 3.63) is 41.0 Å². The Hall–Kier alpha value is -1.66. The molecule has 0 saturated carbocycles. The number of aromatic nitrogens is 2. The van der Waals surface area contributed by atoms with Crippen molar-refractivity contribution in [2.24, 2.45) is 0 Å². The fourth-order valence-electron chi connectivity index (χ4n) is 1.89. The number of aromatic amines is 1. The van der Waals surface area contributed by atoms with Gasteiger partial charge in [-0.1, -0.05) is 23.7 Å². The molecule has 0 aliphatic heterocycles. The van der Waals surface area contributed by atoms with Gasteiger partial charge in [-0.2, -0.15) is 5.10 Å². The normalized spacial score (nSPS) is 12.1. The van der Waals surface area contributed by atoms with Crippen LogP contribution < -0.4 is 5.32 Å². The highest BCUT2D eigenvalue weighted by Gasteiger charge is 2.15. The van der Waals surface area contributed by atoms with Crippen molar-refractivity contribution in [2.75, 3.05) is 18.6 Å². The molecule has 5 nitrogen and oxygen atoms in total. The maximum Gasteiger partial charge on any atom is 0.255 e. The summed E-state index contributed by atoms with van der Waals surface area (Å²) in [7, 11) is -0.838. The van der Waals surface area contributed by atoms with Crippen molar-refractivity contribution in [3.63, 3.8) is 0 Å². The van der Waals surface area contributed by atoms with Gasteiger partial charge in [0.05, 0.1) is 17.5 Å². The average molecular weight is 326 g/mol. The Morgan fingerprint density at radius 2 is 2.29 bits per heavy atom. The van der Waals surface area contributed by atoms with E-state index in [0.717, 1.165) is 5.56 Å². The van der Waals surface area contributed by atoms with Crippen LogP contribution in [0.2, 0.25) is 5.02 Å². The van der Waals surface area contributed by atoms with Gasteiger partial charge in [0.15, 0.2) is 0 Å². The van der Waals surface area contributed by atoms with E-state index in [4.69, 9.17) is 11.6 Å². The number of halogens is 1. The van der Waals surface area contributed by atoms with E-state index in [1.165, 1.54) is 6.20 Å². The second-order valence-electron chi connectivity index (χ2n) is 4.56. The van der Waals surface area contributed by atoms with Gasteiger partial charge >= 0.3 is 0 Å². The van der Waals surface area contributed by atoms with Gasteiger partial charge < -0.3 is 5.32 Å². The van der Waals surface area contributed by atoms with Crippen molar-refractivity contribution in [1.82, 2.24) is 15.5 Å². The molecule has 1 unspecified atom stereocenters. The van der Waals surface area contributed by atoms with Crippen LogP contribution in [0.4, 0.5) is 0 Å². The minimum atomic E-state index is -0.838. The van der Waals surface area contributed by atoms with Gasteiger partial charge in [-0.15, -0.1) is 0 Å². The summed E-state index contributed by atoms with van der Waals surface area (Å²) in [6, 6.07) is 7.21. The number of H-pyrrole nitrogens is 1. The Labute approximate surface area is 130 Å². The Balaban J connectivity index is 2.06. The van der Waals surface area contributed by atoms with E-state index >= 15 is 0 Å². The van der Waals surface area contributed by atoms with Crippen molar-refractivity contribution in [2.45, 2.75) is 6.42 Å². The highest BCUT2D eigenvalue weighted by atomic mass is 35.5. The third-order valence-corrected chi connectivity index (χ3v) is 3.99. The van der Waals surface area contributed by atoms with E-state index in [9.17, 15) is 9.00 Å². The molecule has 0 aliphatic rings. The number of carbonyl (C=O) groups is 1. The summed E-state index contributed by atoms with van der Waals surface area (Å²) in [6.45, 7) is 0.485. The van der Waals surface area contributed by atoms with E-state index in [2.05, 4.69) is 15.5 Å². The van der Waals surface area contributed by atoms with Crippen LogP contribution in [0.3, 0.4) is 0 Å². The molecule has 112 valence electrons. The van der Waals surface area contributed by atoms with Crippen LogP contribution in [-0.2, 0) is 10.8 Å². The zero-order valence-electron chi connectivity index (χ0n) is 11.6. The van der Waals surface area contributed by atoms with Crippen LogP contribution >= 0.6 is 11.6 Å². The maximum absolute atomic E-state index is 12.1. The first-order valence-corrected chi connectivity index (χ1v) is 8.56. The number of benzene rings is 1.